The van der Waals surface area contributed by atoms with Gasteiger partial charge in [-0.3, -0.25) is 4.79 Å². The number of hydrogen-bond donors (Lipinski definition) is 2. The number of benzene rings is 1. The van der Waals surface area contributed by atoms with Gasteiger partial charge in [-0.15, -0.1) is 10.2 Å². The second kappa shape index (κ2) is 5.96. The maximum atomic E-state index is 12.2. The van der Waals surface area contributed by atoms with Crippen molar-refractivity contribution < 1.29 is 4.79 Å². The number of amides is 1. The summed E-state index contributed by atoms with van der Waals surface area (Å²) in [5.41, 5.74) is 8.07. The normalized spacial score (nSPS) is 12.2. The number of hydrogen-bond acceptors (Lipinski definition) is 5. The molecule has 0 aliphatic heterocycles. The number of rotatable bonds is 4. The summed E-state index contributed by atoms with van der Waals surface area (Å²) in [5, 5.41) is 11.1. The zero-order chi connectivity index (χ0) is 14.7. The van der Waals surface area contributed by atoms with Crippen LogP contribution in [0.5, 0.6) is 0 Å². The molecule has 0 spiro atoms. The lowest BCUT2D eigenvalue weighted by molar-refractivity contribution is -0.115. The third kappa shape index (κ3) is 3.30. The molecule has 7 heteroatoms. The van der Waals surface area contributed by atoms with Crippen LogP contribution in [-0.2, 0) is 11.8 Å². The molecule has 6 nitrogen and oxygen atoms in total. The maximum Gasteiger partial charge on any atom is 0.237 e. The number of nitrogen functional groups attached to an aromatic ring is 1. The highest BCUT2D eigenvalue weighted by atomic mass is 32.2. The lowest BCUT2D eigenvalue weighted by atomic mass is 10.2. The van der Waals surface area contributed by atoms with E-state index >= 15 is 0 Å². The van der Waals surface area contributed by atoms with E-state index in [0.717, 1.165) is 11.3 Å². The highest BCUT2D eigenvalue weighted by molar-refractivity contribution is 8.00. The van der Waals surface area contributed by atoms with Crippen LogP contribution in [0.25, 0.3) is 0 Å². The second-order valence-electron chi connectivity index (χ2n) is 4.55. The lowest BCUT2D eigenvalue weighted by Gasteiger charge is -2.13. The summed E-state index contributed by atoms with van der Waals surface area (Å²) in [5.74, 6) is -0.0910. The van der Waals surface area contributed by atoms with Crippen LogP contribution in [0.2, 0.25) is 0 Å². The molecule has 0 aliphatic carbocycles. The van der Waals surface area contributed by atoms with Gasteiger partial charge >= 0.3 is 0 Å². The predicted octanol–water partition coefficient (Wildman–Crippen LogP) is 1.83. The Morgan fingerprint density at radius 1 is 1.50 bits per heavy atom. The summed E-state index contributed by atoms with van der Waals surface area (Å²) in [4.78, 5) is 12.2. The Balaban J connectivity index is 2.04. The number of nitrogens with zero attached hydrogens (tertiary/aromatic N) is 3. The van der Waals surface area contributed by atoms with Gasteiger partial charge < -0.3 is 15.6 Å². The average Bonchev–Trinajstić information content (AvgIpc) is 2.79. The molecule has 106 valence electrons. The van der Waals surface area contributed by atoms with Crippen LogP contribution in [0.15, 0.2) is 29.7 Å². The number of carbonyl (C=O) groups excluding carboxylic acids is 1. The maximum absolute atomic E-state index is 12.2. The molecule has 1 unspecified atom stereocenters. The van der Waals surface area contributed by atoms with Crippen LogP contribution in [0, 0.1) is 6.92 Å². The molecule has 0 fully saturated rings. The Kier molecular flexibility index (Phi) is 4.29. The zero-order valence-corrected chi connectivity index (χ0v) is 12.4. The van der Waals surface area contributed by atoms with Crippen LogP contribution in [0.4, 0.5) is 11.4 Å². The van der Waals surface area contributed by atoms with Gasteiger partial charge in [-0.2, -0.15) is 0 Å². The summed E-state index contributed by atoms with van der Waals surface area (Å²) in [7, 11) is 1.84. The van der Waals surface area contributed by atoms with Crippen molar-refractivity contribution in [1.29, 1.82) is 0 Å². The Hall–Kier alpha value is -2.02. The van der Waals surface area contributed by atoms with Crippen molar-refractivity contribution in [3.8, 4) is 0 Å². The summed E-state index contributed by atoms with van der Waals surface area (Å²) < 4.78 is 1.78. The highest BCUT2D eigenvalue weighted by Crippen LogP contribution is 2.23. The van der Waals surface area contributed by atoms with Gasteiger partial charge in [-0.1, -0.05) is 17.8 Å². The smallest absolute Gasteiger partial charge is 0.237 e. The van der Waals surface area contributed by atoms with E-state index in [0.29, 0.717) is 10.8 Å². The predicted molar refractivity (Wildman–Crippen MR) is 80.5 cm³/mol. The number of nitrogens with two attached hydrogens (primary N) is 1. The van der Waals surface area contributed by atoms with Gasteiger partial charge in [0.2, 0.25) is 5.91 Å². The molecule has 1 aromatic heterocycles. The molecule has 2 aromatic rings. The van der Waals surface area contributed by atoms with E-state index in [2.05, 4.69) is 15.5 Å². The third-order valence-corrected chi connectivity index (χ3v) is 3.99. The first-order valence-electron chi connectivity index (χ1n) is 6.15. The van der Waals surface area contributed by atoms with Gasteiger partial charge in [0.25, 0.3) is 0 Å². The number of aromatic nitrogens is 3. The Morgan fingerprint density at radius 3 is 2.90 bits per heavy atom. The van der Waals surface area contributed by atoms with Crippen LogP contribution in [-0.4, -0.2) is 25.9 Å². The van der Waals surface area contributed by atoms with Crippen molar-refractivity contribution in [3.63, 3.8) is 0 Å². The van der Waals surface area contributed by atoms with Crippen LogP contribution < -0.4 is 11.1 Å². The van der Waals surface area contributed by atoms with Crippen molar-refractivity contribution >= 4 is 29.0 Å². The number of aryl methyl sites for hydroxylation is 2. The first-order valence-corrected chi connectivity index (χ1v) is 7.03. The molecule has 1 atom stereocenters. The molecule has 2 rings (SSSR count). The fourth-order valence-electron chi connectivity index (χ4n) is 1.60. The Labute approximate surface area is 121 Å². The van der Waals surface area contributed by atoms with Gasteiger partial charge in [0.1, 0.15) is 6.33 Å². The molecule has 0 aliphatic rings. The molecule has 0 saturated carbocycles. The standard InChI is InChI=1S/C13H17N5OS/c1-8-4-5-10(14)6-11(8)16-12(19)9(2)20-13-17-15-7-18(13)3/h4-7,9H,14H2,1-3H3,(H,16,19). The van der Waals surface area contributed by atoms with Gasteiger partial charge in [-0.25, -0.2) is 0 Å². The van der Waals surface area contributed by atoms with Gasteiger partial charge in [0.15, 0.2) is 5.16 Å². The minimum absolute atomic E-state index is 0.0910. The number of thioether (sulfide) groups is 1. The monoisotopic (exact) mass is 291 g/mol. The summed E-state index contributed by atoms with van der Waals surface area (Å²) in [6, 6.07) is 5.45. The van der Waals surface area contributed by atoms with E-state index in [4.69, 9.17) is 5.73 Å². The van der Waals surface area contributed by atoms with Crippen molar-refractivity contribution in [1.82, 2.24) is 14.8 Å². The van der Waals surface area contributed by atoms with E-state index < -0.39 is 0 Å². The van der Waals surface area contributed by atoms with E-state index in [1.54, 1.807) is 17.0 Å². The van der Waals surface area contributed by atoms with Crippen LogP contribution in [0.3, 0.4) is 0 Å². The van der Waals surface area contributed by atoms with Gasteiger partial charge in [0.05, 0.1) is 5.25 Å². The Morgan fingerprint density at radius 2 is 2.25 bits per heavy atom. The van der Waals surface area contributed by atoms with Crippen LogP contribution >= 0.6 is 11.8 Å². The topological polar surface area (TPSA) is 85.8 Å². The minimum atomic E-state index is -0.279. The highest BCUT2D eigenvalue weighted by Gasteiger charge is 2.17. The zero-order valence-electron chi connectivity index (χ0n) is 11.6. The number of anilines is 2. The van der Waals surface area contributed by atoms with E-state index in [-0.39, 0.29) is 11.2 Å². The molecule has 3 N–H and O–H groups in total. The van der Waals surface area contributed by atoms with Crippen molar-refractivity contribution in [3.05, 3.63) is 30.1 Å². The first kappa shape index (κ1) is 14.4. The van der Waals surface area contributed by atoms with E-state index in [1.807, 2.05) is 33.0 Å². The summed E-state index contributed by atoms with van der Waals surface area (Å²) in [6.07, 6.45) is 1.61. The molecule has 1 amide bonds. The molecule has 1 aromatic carbocycles. The SMILES string of the molecule is Cc1ccc(N)cc1NC(=O)C(C)Sc1nncn1C. The van der Waals surface area contributed by atoms with E-state index in [9.17, 15) is 4.79 Å². The molecule has 0 bridgehead atoms. The van der Waals surface area contributed by atoms with E-state index in [1.165, 1.54) is 11.8 Å². The number of carbonyl (C=O) groups is 1. The molecule has 20 heavy (non-hydrogen) atoms. The minimum Gasteiger partial charge on any atom is -0.399 e. The summed E-state index contributed by atoms with van der Waals surface area (Å²) >= 11 is 1.36. The largest absolute Gasteiger partial charge is 0.399 e. The second-order valence-corrected chi connectivity index (χ2v) is 5.86. The fourth-order valence-corrected chi connectivity index (χ4v) is 2.39. The van der Waals surface area contributed by atoms with Gasteiger partial charge in [-0.05, 0) is 31.5 Å². The van der Waals surface area contributed by atoms with Gasteiger partial charge in [0, 0.05) is 18.4 Å². The third-order valence-electron chi connectivity index (χ3n) is 2.84. The fraction of sp³-hybridized carbons (Fsp3) is 0.308. The summed E-state index contributed by atoms with van der Waals surface area (Å²) in [6.45, 7) is 3.76. The molecule has 0 radical (unpaired) electrons. The molecular formula is C13H17N5OS. The molecule has 0 saturated heterocycles. The van der Waals surface area contributed by atoms with Crippen molar-refractivity contribution in [2.75, 3.05) is 11.1 Å². The molecular weight excluding hydrogens is 274 g/mol. The van der Waals surface area contributed by atoms with Crippen LogP contribution in [0.1, 0.15) is 12.5 Å². The first-order chi connectivity index (χ1) is 9.47. The molecule has 1 heterocycles. The average molecular weight is 291 g/mol. The quantitative estimate of drug-likeness (QED) is 0.663. The van der Waals surface area contributed by atoms with Crippen molar-refractivity contribution in [2.24, 2.45) is 7.05 Å². The Bertz CT molecular complexity index is 625. The number of nitrogens with one attached hydrogen (secondary N) is 1. The lowest BCUT2D eigenvalue weighted by Crippen LogP contribution is -2.23. The van der Waals surface area contributed by atoms with Crippen molar-refractivity contribution in [2.45, 2.75) is 24.3 Å².